The fourth-order valence-electron chi connectivity index (χ4n) is 2.84. The summed E-state index contributed by atoms with van der Waals surface area (Å²) in [5.74, 6) is 0.151. The van der Waals surface area contributed by atoms with Crippen LogP contribution in [0.15, 0.2) is 0 Å². The second-order valence-electron chi connectivity index (χ2n) is 5.89. The number of rotatable bonds is 6. The van der Waals surface area contributed by atoms with Gasteiger partial charge in [-0.3, -0.25) is 4.79 Å². The summed E-state index contributed by atoms with van der Waals surface area (Å²) in [6.45, 7) is 7.64. The van der Waals surface area contributed by atoms with Crippen molar-refractivity contribution in [3.05, 3.63) is 0 Å². The van der Waals surface area contributed by atoms with Crippen LogP contribution < -0.4 is 11.1 Å². The van der Waals surface area contributed by atoms with Gasteiger partial charge in [0.1, 0.15) is 0 Å². The Bertz CT molecular complexity index is 250. The maximum Gasteiger partial charge on any atom is 0.227 e. The van der Waals surface area contributed by atoms with Crippen LogP contribution in [0.25, 0.3) is 0 Å². The lowest BCUT2D eigenvalue weighted by atomic mass is 9.80. The Balaban J connectivity index is 0.00000289. The van der Waals surface area contributed by atoms with Crippen molar-refractivity contribution in [3.8, 4) is 0 Å². The quantitative estimate of drug-likeness (QED) is 0.784. The zero-order valence-electron chi connectivity index (χ0n) is 12.1. The molecule has 0 atom stereocenters. The molecule has 0 bridgehead atoms. The van der Waals surface area contributed by atoms with Gasteiger partial charge in [0.2, 0.25) is 5.91 Å². The molecule has 0 heterocycles. The van der Waals surface area contributed by atoms with Gasteiger partial charge in [0, 0.05) is 13.1 Å². The first kappa shape index (κ1) is 17.7. The molecule has 0 aromatic carbocycles. The molecular formula is C14H29ClN2O. The lowest BCUT2D eigenvalue weighted by Crippen LogP contribution is -2.47. The molecule has 0 unspecified atom stereocenters. The average Bonchev–Trinajstić information content (AvgIpc) is 2.77. The van der Waals surface area contributed by atoms with Gasteiger partial charge in [-0.25, -0.2) is 0 Å². The molecule has 1 saturated carbocycles. The fourth-order valence-corrected chi connectivity index (χ4v) is 2.84. The number of hydrogen-bond donors (Lipinski definition) is 2. The molecule has 0 radical (unpaired) electrons. The van der Waals surface area contributed by atoms with Crippen LogP contribution in [0.1, 0.15) is 59.3 Å². The molecule has 1 amide bonds. The molecule has 1 aliphatic carbocycles. The van der Waals surface area contributed by atoms with Crippen LogP contribution in [0.5, 0.6) is 0 Å². The molecule has 1 aliphatic rings. The molecule has 1 rings (SSSR count). The van der Waals surface area contributed by atoms with E-state index in [-0.39, 0.29) is 23.7 Å². The Kier molecular flexibility index (Phi) is 7.23. The van der Waals surface area contributed by atoms with Crippen molar-refractivity contribution < 1.29 is 4.79 Å². The Labute approximate surface area is 118 Å². The molecule has 0 spiro atoms. The minimum atomic E-state index is -0.352. The minimum Gasteiger partial charge on any atom is -0.355 e. The van der Waals surface area contributed by atoms with Crippen LogP contribution >= 0.6 is 12.4 Å². The first-order chi connectivity index (χ1) is 8.02. The summed E-state index contributed by atoms with van der Waals surface area (Å²) in [6.07, 6.45) is 6.72. The van der Waals surface area contributed by atoms with E-state index < -0.39 is 0 Å². The normalized spacial score (nSPS) is 18.2. The van der Waals surface area contributed by atoms with Crippen molar-refractivity contribution in [2.45, 2.75) is 59.3 Å². The van der Waals surface area contributed by atoms with Gasteiger partial charge >= 0.3 is 0 Å². The van der Waals surface area contributed by atoms with E-state index >= 15 is 0 Å². The molecule has 1 fully saturated rings. The van der Waals surface area contributed by atoms with E-state index in [2.05, 4.69) is 12.2 Å². The number of hydrogen-bond acceptors (Lipinski definition) is 2. The molecular weight excluding hydrogens is 248 g/mol. The van der Waals surface area contributed by atoms with Crippen LogP contribution in [0, 0.1) is 10.8 Å². The molecule has 0 aliphatic heterocycles. The first-order valence-corrected chi connectivity index (χ1v) is 7.00. The molecule has 108 valence electrons. The molecule has 0 saturated heterocycles. The fraction of sp³-hybridized carbons (Fsp3) is 0.929. The summed E-state index contributed by atoms with van der Waals surface area (Å²) in [4.78, 5) is 12.3. The maximum absolute atomic E-state index is 12.3. The van der Waals surface area contributed by atoms with Crippen LogP contribution in [-0.4, -0.2) is 19.0 Å². The topological polar surface area (TPSA) is 55.1 Å². The lowest BCUT2D eigenvalue weighted by Gasteiger charge is -2.31. The molecule has 0 aromatic heterocycles. The van der Waals surface area contributed by atoms with E-state index in [0.29, 0.717) is 12.0 Å². The van der Waals surface area contributed by atoms with Crippen molar-refractivity contribution in [1.82, 2.24) is 5.32 Å². The third kappa shape index (κ3) is 3.86. The van der Waals surface area contributed by atoms with Crippen molar-refractivity contribution >= 4 is 18.3 Å². The molecule has 3 N–H and O–H groups in total. The van der Waals surface area contributed by atoms with Crippen molar-refractivity contribution in [2.24, 2.45) is 16.6 Å². The maximum atomic E-state index is 12.3. The zero-order chi connectivity index (χ0) is 12.9. The van der Waals surface area contributed by atoms with Gasteiger partial charge in [0.05, 0.1) is 5.41 Å². The van der Waals surface area contributed by atoms with Crippen LogP contribution in [0.3, 0.4) is 0 Å². The highest BCUT2D eigenvalue weighted by molar-refractivity contribution is 5.85. The van der Waals surface area contributed by atoms with Crippen LogP contribution in [0.2, 0.25) is 0 Å². The highest BCUT2D eigenvalue weighted by atomic mass is 35.5. The average molecular weight is 277 g/mol. The van der Waals surface area contributed by atoms with Gasteiger partial charge in [0.25, 0.3) is 0 Å². The summed E-state index contributed by atoms with van der Waals surface area (Å²) < 4.78 is 0. The van der Waals surface area contributed by atoms with Gasteiger partial charge in [-0.15, -0.1) is 12.4 Å². The molecule has 3 nitrogen and oxygen atoms in total. The first-order valence-electron chi connectivity index (χ1n) is 7.00. The van der Waals surface area contributed by atoms with Gasteiger partial charge in [-0.05, 0) is 31.1 Å². The summed E-state index contributed by atoms with van der Waals surface area (Å²) in [7, 11) is 0. The Hall–Kier alpha value is -0.280. The summed E-state index contributed by atoms with van der Waals surface area (Å²) in [5, 5.41) is 3.14. The number of nitrogens with one attached hydrogen (secondary N) is 1. The number of nitrogens with two attached hydrogens (primary N) is 1. The second kappa shape index (κ2) is 7.34. The lowest BCUT2D eigenvalue weighted by molar-refractivity contribution is -0.131. The van der Waals surface area contributed by atoms with E-state index in [9.17, 15) is 4.79 Å². The van der Waals surface area contributed by atoms with Gasteiger partial charge in [-0.2, -0.15) is 0 Å². The van der Waals surface area contributed by atoms with E-state index in [4.69, 9.17) is 5.73 Å². The monoisotopic (exact) mass is 276 g/mol. The van der Waals surface area contributed by atoms with Gasteiger partial charge in [0.15, 0.2) is 0 Å². The molecule has 18 heavy (non-hydrogen) atoms. The molecule has 0 aromatic rings. The Morgan fingerprint density at radius 2 is 1.78 bits per heavy atom. The van der Waals surface area contributed by atoms with E-state index in [0.717, 1.165) is 19.4 Å². The standard InChI is InChI=1S/C14H28N2O.ClH/c1-4-14(5-2,10-15)12(17)16-11-13(3)8-6-7-9-13;/h4-11,15H2,1-3H3,(H,16,17);1H. The zero-order valence-corrected chi connectivity index (χ0v) is 12.9. The van der Waals surface area contributed by atoms with Crippen molar-refractivity contribution in [2.75, 3.05) is 13.1 Å². The third-order valence-electron chi connectivity index (χ3n) is 4.71. The largest absolute Gasteiger partial charge is 0.355 e. The SMILES string of the molecule is CCC(CC)(CN)C(=O)NCC1(C)CCCC1.Cl. The highest BCUT2D eigenvalue weighted by Gasteiger charge is 2.35. The Morgan fingerprint density at radius 1 is 1.28 bits per heavy atom. The molecule has 4 heteroatoms. The highest BCUT2D eigenvalue weighted by Crippen LogP contribution is 2.37. The van der Waals surface area contributed by atoms with E-state index in [1.54, 1.807) is 0 Å². The summed E-state index contributed by atoms with van der Waals surface area (Å²) >= 11 is 0. The van der Waals surface area contributed by atoms with Gasteiger partial charge in [-0.1, -0.05) is 33.6 Å². The van der Waals surface area contributed by atoms with E-state index in [1.807, 2.05) is 13.8 Å². The van der Waals surface area contributed by atoms with Gasteiger partial charge < -0.3 is 11.1 Å². The summed E-state index contributed by atoms with van der Waals surface area (Å²) in [6, 6.07) is 0. The number of carbonyl (C=O) groups excluding carboxylic acids is 1. The minimum absolute atomic E-state index is 0. The Morgan fingerprint density at radius 3 is 2.17 bits per heavy atom. The third-order valence-corrected chi connectivity index (χ3v) is 4.71. The van der Waals surface area contributed by atoms with Crippen molar-refractivity contribution in [1.29, 1.82) is 0 Å². The van der Waals surface area contributed by atoms with Crippen LogP contribution in [-0.2, 0) is 4.79 Å². The number of amides is 1. The van der Waals surface area contributed by atoms with Crippen LogP contribution in [0.4, 0.5) is 0 Å². The predicted octanol–water partition coefficient (Wildman–Crippen LogP) is 2.87. The predicted molar refractivity (Wildman–Crippen MR) is 78.9 cm³/mol. The smallest absolute Gasteiger partial charge is 0.227 e. The second-order valence-corrected chi connectivity index (χ2v) is 5.89. The summed E-state index contributed by atoms with van der Waals surface area (Å²) in [5.41, 5.74) is 5.75. The number of carbonyl (C=O) groups is 1. The van der Waals surface area contributed by atoms with E-state index in [1.165, 1.54) is 25.7 Å². The number of halogens is 1. The van der Waals surface area contributed by atoms with Crippen molar-refractivity contribution in [3.63, 3.8) is 0 Å².